The van der Waals surface area contributed by atoms with E-state index in [2.05, 4.69) is 55.6 Å². The SMILES string of the molecule is C/C=C\CC1=C(C)CCc2ccccc2C1=C1CCN(C(=O)C[C@@H](C)NC(=O)C(C)(C)C)CC1. The molecule has 0 spiro atoms. The first-order chi connectivity index (χ1) is 16.1. The third-order valence-corrected chi connectivity index (χ3v) is 7.04. The van der Waals surface area contributed by atoms with Crippen LogP contribution in [0.5, 0.6) is 0 Å². The molecule has 0 radical (unpaired) electrons. The van der Waals surface area contributed by atoms with Gasteiger partial charge in [-0.3, -0.25) is 9.59 Å². The van der Waals surface area contributed by atoms with E-state index >= 15 is 0 Å². The number of aryl methyl sites for hydroxylation is 1. The number of benzene rings is 1. The number of allylic oxidation sites excluding steroid dienone is 5. The van der Waals surface area contributed by atoms with Crippen LogP contribution < -0.4 is 5.32 Å². The molecule has 1 aromatic rings. The van der Waals surface area contributed by atoms with Crippen molar-refractivity contribution in [2.45, 2.75) is 86.1 Å². The first-order valence-corrected chi connectivity index (χ1v) is 12.8. The van der Waals surface area contributed by atoms with Gasteiger partial charge in [0.05, 0.1) is 0 Å². The Balaban J connectivity index is 1.77. The molecule has 0 bridgehead atoms. The number of carbonyl (C=O) groups is 2. The zero-order valence-corrected chi connectivity index (χ0v) is 22.0. The van der Waals surface area contributed by atoms with Gasteiger partial charge in [-0.2, -0.15) is 0 Å². The summed E-state index contributed by atoms with van der Waals surface area (Å²) in [5.41, 5.74) is 8.23. The highest BCUT2D eigenvalue weighted by atomic mass is 16.2. The first-order valence-electron chi connectivity index (χ1n) is 12.8. The van der Waals surface area contributed by atoms with Gasteiger partial charge in [0.1, 0.15) is 0 Å². The van der Waals surface area contributed by atoms with E-state index < -0.39 is 5.41 Å². The van der Waals surface area contributed by atoms with Gasteiger partial charge in [0, 0.05) is 31.0 Å². The van der Waals surface area contributed by atoms with Crippen molar-refractivity contribution in [1.82, 2.24) is 10.2 Å². The summed E-state index contributed by atoms with van der Waals surface area (Å²) in [4.78, 5) is 27.2. The molecule has 184 valence electrons. The Morgan fingerprint density at radius 1 is 1.09 bits per heavy atom. The predicted octanol–water partition coefficient (Wildman–Crippen LogP) is 6.23. The van der Waals surface area contributed by atoms with Gasteiger partial charge in [-0.25, -0.2) is 0 Å². The van der Waals surface area contributed by atoms with Gasteiger partial charge in [0.2, 0.25) is 11.8 Å². The number of nitrogens with zero attached hydrogens (tertiary/aromatic N) is 1. The topological polar surface area (TPSA) is 49.4 Å². The molecule has 4 heteroatoms. The Morgan fingerprint density at radius 2 is 1.76 bits per heavy atom. The number of likely N-dealkylation sites (tertiary alicyclic amines) is 1. The molecule has 1 aromatic carbocycles. The third kappa shape index (κ3) is 6.28. The molecule has 1 N–H and O–H groups in total. The lowest BCUT2D eigenvalue weighted by Crippen LogP contribution is -2.44. The van der Waals surface area contributed by atoms with Crippen molar-refractivity contribution < 1.29 is 9.59 Å². The fourth-order valence-corrected chi connectivity index (χ4v) is 4.91. The minimum absolute atomic E-state index is 0.0127. The largest absolute Gasteiger partial charge is 0.353 e. The molecule has 2 aliphatic rings. The summed E-state index contributed by atoms with van der Waals surface area (Å²) in [5, 5.41) is 2.99. The monoisotopic (exact) mass is 462 g/mol. The average Bonchev–Trinajstić information content (AvgIpc) is 2.93. The summed E-state index contributed by atoms with van der Waals surface area (Å²) in [7, 11) is 0. The molecule has 1 aliphatic carbocycles. The maximum absolute atomic E-state index is 13.0. The van der Waals surface area contributed by atoms with Crippen LogP contribution in [0.15, 0.2) is 53.1 Å². The second-order valence-corrected chi connectivity index (χ2v) is 10.9. The Morgan fingerprint density at radius 3 is 2.41 bits per heavy atom. The number of nitrogens with one attached hydrogen (secondary N) is 1. The number of amides is 2. The van der Waals surface area contributed by atoms with Crippen molar-refractivity contribution in [3.8, 4) is 0 Å². The van der Waals surface area contributed by atoms with E-state index in [0.717, 1.165) is 45.2 Å². The van der Waals surface area contributed by atoms with Crippen LogP contribution >= 0.6 is 0 Å². The quantitative estimate of drug-likeness (QED) is 0.527. The van der Waals surface area contributed by atoms with Crippen molar-refractivity contribution in [2.75, 3.05) is 13.1 Å². The normalized spacial score (nSPS) is 18.1. The fourth-order valence-electron chi connectivity index (χ4n) is 4.91. The summed E-state index contributed by atoms with van der Waals surface area (Å²) >= 11 is 0. The summed E-state index contributed by atoms with van der Waals surface area (Å²) < 4.78 is 0. The van der Waals surface area contributed by atoms with Gasteiger partial charge < -0.3 is 10.2 Å². The van der Waals surface area contributed by atoms with Crippen LogP contribution in [0.2, 0.25) is 0 Å². The molecule has 1 atom stereocenters. The minimum atomic E-state index is -0.450. The van der Waals surface area contributed by atoms with Crippen LogP contribution in [-0.4, -0.2) is 35.8 Å². The second-order valence-electron chi connectivity index (χ2n) is 10.9. The second kappa shape index (κ2) is 11.2. The number of piperidine rings is 1. The minimum Gasteiger partial charge on any atom is -0.353 e. The molecule has 1 fully saturated rings. The van der Waals surface area contributed by atoms with Crippen molar-refractivity contribution >= 4 is 17.4 Å². The van der Waals surface area contributed by atoms with Gasteiger partial charge in [-0.15, -0.1) is 0 Å². The van der Waals surface area contributed by atoms with Crippen LogP contribution in [0.1, 0.15) is 84.8 Å². The summed E-state index contributed by atoms with van der Waals surface area (Å²) in [6.07, 6.45) is 9.71. The van der Waals surface area contributed by atoms with Gasteiger partial charge in [-0.05, 0) is 75.1 Å². The number of rotatable bonds is 5. The number of hydrogen-bond acceptors (Lipinski definition) is 2. The van der Waals surface area contributed by atoms with Crippen molar-refractivity contribution in [1.29, 1.82) is 0 Å². The Bertz CT molecular complexity index is 997. The van der Waals surface area contributed by atoms with E-state index in [4.69, 9.17) is 0 Å². The first kappa shape index (κ1) is 26.0. The molecular formula is C30H42N2O2. The molecule has 3 rings (SSSR count). The number of hydrogen-bond donors (Lipinski definition) is 1. The van der Waals surface area contributed by atoms with E-state index in [1.807, 2.05) is 32.6 Å². The smallest absolute Gasteiger partial charge is 0.225 e. The zero-order valence-electron chi connectivity index (χ0n) is 22.0. The molecular weight excluding hydrogens is 420 g/mol. The fraction of sp³-hybridized carbons (Fsp3) is 0.533. The molecule has 34 heavy (non-hydrogen) atoms. The van der Waals surface area contributed by atoms with E-state index in [9.17, 15) is 9.59 Å². The van der Waals surface area contributed by atoms with Gasteiger partial charge in [-0.1, -0.05) is 68.3 Å². The van der Waals surface area contributed by atoms with Crippen molar-refractivity contribution in [3.05, 3.63) is 64.3 Å². The van der Waals surface area contributed by atoms with E-state index in [1.165, 1.54) is 33.4 Å². The third-order valence-electron chi connectivity index (χ3n) is 7.04. The highest BCUT2D eigenvalue weighted by Crippen LogP contribution is 2.40. The molecule has 1 saturated heterocycles. The maximum Gasteiger partial charge on any atom is 0.225 e. The van der Waals surface area contributed by atoms with Crippen LogP contribution in [-0.2, 0) is 16.0 Å². The Labute approximate surface area is 206 Å². The van der Waals surface area contributed by atoms with E-state index in [0.29, 0.717) is 6.42 Å². The van der Waals surface area contributed by atoms with Gasteiger partial charge in [0.25, 0.3) is 0 Å². The molecule has 0 aromatic heterocycles. The lowest BCUT2D eigenvalue weighted by molar-refractivity contribution is -0.133. The Hall–Kier alpha value is -2.62. The molecule has 1 heterocycles. The molecule has 2 amide bonds. The molecule has 0 saturated carbocycles. The molecule has 1 aliphatic heterocycles. The van der Waals surface area contributed by atoms with Gasteiger partial charge in [0.15, 0.2) is 0 Å². The highest BCUT2D eigenvalue weighted by Gasteiger charge is 2.28. The Kier molecular flexibility index (Phi) is 8.57. The van der Waals surface area contributed by atoms with Crippen LogP contribution in [0, 0.1) is 5.41 Å². The molecule has 4 nitrogen and oxygen atoms in total. The summed E-state index contributed by atoms with van der Waals surface area (Å²) in [6, 6.07) is 8.69. The average molecular weight is 463 g/mol. The van der Waals surface area contributed by atoms with Crippen molar-refractivity contribution in [3.63, 3.8) is 0 Å². The zero-order chi connectivity index (χ0) is 24.9. The predicted molar refractivity (Wildman–Crippen MR) is 141 cm³/mol. The van der Waals surface area contributed by atoms with Crippen molar-refractivity contribution in [2.24, 2.45) is 5.41 Å². The standard InChI is InChI=1S/C30H42N2O2/c1-7-8-12-25-21(2)14-15-23-11-9-10-13-26(23)28(25)24-16-18-32(19-17-24)27(33)20-22(3)31-29(34)30(4,5)6/h7-11,13,22H,12,14-20H2,1-6H3,(H,31,34)/b8-7-/t22-/m1/s1. The lowest BCUT2D eigenvalue weighted by Gasteiger charge is -2.32. The number of carbonyl (C=O) groups excluding carboxylic acids is 2. The van der Waals surface area contributed by atoms with Gasteiger partial charge >= 0.3 is 0 Å². The van der Waals surface area contributed by atoms with Crippen LogP contribution in [0.3, 0.4) is 0 Å². The van der Waals surface area contributed by atoms with E-state index in [1.54, 1.807) is 0 Å². The summed E-state index contributed by atoms with van der Waals surface area (Å²) in [5.74, 6) is 0.120. The summed E-state index contributed by atoms with van der Waals surface area (Å²) in [6.45, 7) is 13.5. The highest BCUT2D eigenvalue weighted by molar-refractivity contribution is 5.86. The van der Waals surface area contributed by atoms with Crippen LogP contribution in [0.4, 0.5) is 0 Å². The molecule has 0 unspecified atom stereocenters. The lowest BCUT2D eigenvalue weighted by atomic mass is 9.84. The van der Waals surface area contributed by atoms with E-state index in [-0.39, 0.29) is 17.9 Å². The number of fused-ring (bicyclic) bond motifs is 1. The van der Waals surface area contributed by atoms with Crippen LogP contribution in [0.25, 0.3) is 5.57 Å². The maximum atomic E-state index is 13.0.